The molecule has 1 heterocycles. The van der Waals surface area contributed by atoms with Crippen LogP contribution >= 0.6 is 11.3 Å². The fraction of sp³-hybridized carbons (Fsp3) is 0.667. The quantitative estimate of drug-likeness (QED) is 0.755. The molecule has 3 N–H and O–H groups in total. The molecule has 2 rings (SSSR count). The molecule has 1 saturated carbocycles. The molecule has 6 heteroatoms. The lowest BCUT2D eigenvalue weighted by molar-refractivity contribution is 0.203. The maximum atomic E-state index is 11.6. The van der Waals surface area contributed by atoms with Crippen molar-refractivity contribution >= 4 is 17.4 Å². The average Bonchev–Trinajstić information content (AvgIpc) is 3.07. The van der Waals surface area contributed by atoms with Crippen LogP contribution in [0, 0.1) is 19.3 Å². The molecule has 2 amide bonds. The van der Waals surface area contributed by atoms with Crippen molar-refractivity contribution in [3.05, 3.63) is 15.6 Å². The average molecular weight is 269 g/mol. The van der Waals surface area contributed by atoms with Gasteiger partial charge in [-0.3, -0.25) is 0 Å². The molecule has 0 bridgehead atoms. The molecule has 0 aromatic carbocycles. The van der Waals surface area contributed by atoms with Crippen LogP contribution in [0.1, 0.15) is 28.4 Å². The molecule has 0 saturated heterocycles. The van der Waals surface area contributed by atoms with Gasteiger partial charge in [0.2, 0.25) is 0 Å². The van der Waals surface area contributed by atoms with Gasteiger partial charge in [-0.25, -0.2) is 9.78 Å². The molecule has 0 unspecified atom stereocenters. The molecular formula is C12H19N3O2S. The third-order valence-electron chi connectivity index (χ3n) is 3.39. The number of nitrogens with one attached hydrogen (secondary N) is 2. The molecule has 1 fully saturated rings. The number of hydrogen-bond donors (Lipinski definition) is 3. The van der Waals surface area contributed by atoms with Crippen molar-refractivity contribution < 1.29 is 9.90 Å². The number of aliphatic hydroxyl groups excluding tert-OH is 1. The van der Waals surface area contributed by atoms with Gasteiger partial charge in [0, 0.05) is 16.8 Å². The lowest BCUT2D eigenvalue weighted by Gasteiger charge is -2.12. The third kappa shape index (κ3) is 3.20. The van der Waals surface area contributed by atoms with E-state index in [2.05, 4.69) is 15.6 Å². The molecule has 1 aromatic heterocycles. The van der Waals surface area contributed by atoms with Gasteiger partial charge in [-0.05, 0) is 26.7 Å². The van der Waals surface area contributed by atoms with E-state index in [1.54, 1.807) is 11.3 Å². The van der Waals surface area contributed by atoms with Gasteiger partial charge in [0.05, 0.1) is 18.8 Å². The van der Waals surface area contributed by atoms with Gasteiger partial charge in [-0.15, -0.1) is 11.3 Å². The summed E-state index contributed by atoms with van der Waals surface area (Å²) in [4.78, 5) is 17.1. The Balaban J connectivity index is 1.71. The predicted octanol–water partition coefficient (Wildman–Crippen LogP) is 1.33. The van der Waals surface area contributed by atoms with Crippen LogP contribution in [0.5, 0.6) is 0 Å². The number of carbonyl (C=O) groups excluding carboxylic acids is 1. The monoisotopic (exact) mass is 269 g/mol. The number of thiazole rings is 1. The van der Waals surface area contributed by atoms with Gasteiger partial charge >= 0.3 is 6.03 Å². The van der Waals surface area contributed by atoms with Crippen LogP contribution in [-0.4, -0.2) is 29.3 Å². The van der Waals surface area contributed by atoms with Crippen LogP contribution in [0.15, 0.2) is 0 Å². The second-order valence-electron chi connectivity index (χ2n) is 4.94. The topological polar surface area (TPSA) is 74.2 Å². The van der Waals surface area contributed by atoms with Gasteiger partial charge in [-0.1, -0.05) is 0 Å². The summed E-state index contributed by atoms with van der Waals surface area (Å²) in [6.07, 6.45) is 1.99. The number of carbonyl (C=O) groups is 1. The first kappa shape index (κ1) is 13.3. The summed E-state index contributed by atoms with van der Waals surface area (Å²) in [5.74, 6) is 0. The van der Waals surface area contributed by atoms with Gasteiger partial charge in [0.15, 0.2) is 0 Å². The van der Waals surface area contributed by atoms with E-state index < -0.39 is 0 Å². The van der Waals surface area contributed by atoms with Gasteiger partial charge in [0.1, 0.15) is 5.01 Å². The highest BCUT2D eigenvalue weighted by molar-refractivity contribution is 7.11. The van der Waals surface area contributed by atoms with Crippen molar-refractivity contribution in [2.75, 3.05) is 13.2 Å². The Morgan fingerprint density at radius 1 is 1.44 bits per heavy atom. The number of aryl methyl sites for hydroxylation is 2. The van der Waals surface area contributed by atoms with Gasteiger partial charge in [-0.2, -0.15) is 0 Å². The molecule has 18 heavy (non-hydrogen) atoms. The SMILES string of the molecule is Cc1nc(CNC(=O)NCC2(CO)CC2)sc1C. The number of hydrogen-bond acceptors (Lipinski definition) is 4. The summed E-state index contributed by atoms with van der Waals surface area (Å²) in [5.41, 5.74) is 0.973. The number of urea groups is 1. The van der Waals surface area contributed by atoms with Crippen molar-refractivity contribution in [3.63, 3.8) is 0 Å². The molecule has 1 aliphatic rings. The molecule has 0 aliphatic heterocycles. The van der Waals surface area contributed by atoms with E-state index in [0.29, 0.717) is 13.1 Å². The molecule has 1 aromatic rings. The molecule has 5 nitrogen and oxygen atoms in total. The number of aliphatic hydroxyl groups is 1. The molecule has 1 aliphatic carbocycles. The van der Waals surface area contributed by atoms with E-state index in [1.165, 1.54) is 4.88 Å². The fourth-order valence-electron chi connectivity index (χ4n) is 1.67. The van der Waals surface area contributed by atoms with Crippen molar-refractivity contribution in [2.24, 2.45) is 5.41 Å². The lowest BCUT2D eigenvalue weighted by atomic mass is 10.1. The Labute approximate surface area is 111 Å². The van der Waals surface area contributed by atoms with E-state index in [4.69, 9.17) is 5.11 Å². The maximum absolute atomic E-state index is 11.6. The zero-order valence-electron chi connectivity index (χ0n) is 10.7. The third-order valence-corrected chi connectivity index (χ3v) is 4.46. The summed E-state index contributed by atoms with van der Waals surface area (Å²) >= 11 is 1.60. The highest BCUT2D eigenvalue weighted by atomic mass is 32.1. The number of nitrogens with zero attached hydrogens (tertiary/aromatic N) is 1. The summed E-state index contributed by atoms with van der Waals surface area (Å²) in [7, 11) is 0. The predicted molar refractivity (Wildman–Crippen MR) is 70.6 cm³/mol. The van der Waals surface area contributed by atoms with Crippen LogP contribution < -0.4 is 10.6 Å². The van der Waals surface area contributed by atoms with Crippen LogP contribution in [0.25, 0.3) is 0 Å². The number of rotatable bonds is 5. The zero-order valence-corrected chi connectivity index (χ0v) is 11.6. The molecule has 0 radical (unpaired) electrons. The fourth-order valence-corrected chi connectivity index (χ4v) is 2.54. The Morgan fingerprint density at radius 3 is 2.67 bits per heavy atom. The summed E-state index contributed by atoms with van der Waals surface area (Å²) in [6.45, 7) is 5.14. The smallest absolute Gasteiger partial charge is 0.315 e. The Morgan fingerprint density at radius 2 is 2.17 bits per heavy atom. The Hall–Kier alpha value is -1.14. The van der Waals surface area contributed by atoms with Crippen molar-refractivity contribution in [2.45, 2.75) is 33.2 Å². The maximum Gasteiger partial charge on any atom is 0.315 e. The van der Waals surface area contributed by atoms with Crippen molar-refractivity contribution in [3.8, 4) is 0 Å². The Kier molecular flexibility index (Phi) is 3.87. The minimum Gasteiger partial charge on any atom is -0.396 e. The highest BCUT2D eigenvalue weighted by Gasteiger charge is 2.42. The second-order valence-corrected chi connectivity index (χ2v) is 6.23. The van der Waals surface area contributed by atoms with E-state index >= 15 is 0 Å². The number of amides is 2. The summed E-state index contributed by atoms with van der Waals surface area (Å²) in [5, 5.41) is 15.6. The molecule has 0 atom stereocenters. The molecular weight excluding hydrogens is 250 g/mol. The lowest BCUT2D eigenvalue weighted by Crippen LogP contribution is -2.39. The first-order valence-electron chi connectivity index (χ1n) is 6.10. The van der Waals surface area contributed by atoms with E-state index in [9.17, 15) is 4.79 Å². The van der Waals surface area contributed by atoms with E-state index in [1.807, 2.05) is 13.8 Å². The minimum atomic E-state index is -0.194. The first-order chi connectivity index (χ1) is 8.54. The van der Waals surface area contributed by atoms with Gasteiger partial charge in [0.25, 0.3) is 0 Å². The van der Waals surface area contributed by atoms with E-state index in [-0.39, 0.29) is 18.1 Å². The number of aromatic nitrogens is 1. The highest BCUT2D eigenvalue weighted by Crippen LogP contribution is 2.44. The van der Waals surface area contributed by atoms with Gasteiger partial charge < -0.3 is 15.7 Å². The van der Waals surface area contributed by atoms with Crippen LogP contribution in [0.4, 0.5) is 4.79 Å². The van der Waals surface area contributed by atoms with Crippen LogP contribution in [0.2, 0.25) is 0 Å². The molecule has 100 valence electrons. The minimum absolute atomic E-state index is 0.0499. The standard InChI is InChI=1S/C12H19N3O2S/c1-8-9(2)18-10(15-8)5-13-11(17)14-6-12(7-16)3-4-12/h16H,3-7H2,1-2H3,(H2,13,14,17). The Bertz CT molecular complexity index is 421. The second kappa shape index (κ2) is 5.24. The normalized spacial score (nSPS) is 16.4. The van der Waals surface area contributed by atoms with E-state index in [0.717, 1.165) is 23.5 Å². The van der Waals surface area contributed by atoms with Crippen LogP contribution in [-0.2, 0) is 6.54 Å². The summed E-state index contributed by atoms with van der Waals surface area (Å²) in [6, 6.07) is -0.194. The first-order valence-corrected chi connectivity index (χ1v) is 6.92. The largest absolute Gasteiger partial charge is 0.396 e. The molecule has 0 spiro atoms. The van der Waals surface area contributed by atoms with Crippen LogP contribution in [0.3, 0.4) is 0 Å². The summed E-state index contributed by atoms with van der Waals surface area (Å²) < 4.78 is 0. The van der Waals surface area contributed by atoms with Crippen molar-refractivity contribution in [1.82, 2.24) is 15.6 Å². The van der Waals surface area contributed by atoms with Crippen molar-refractivity contribution in [1.29, 1.82) is 0 Å². The zero-order chi connectivity index (χ0) is 13.2.